The molecule has 0 aliphatic heterocycles. The van der Waals surface area contributed by atoms with Crippen molar-refractivity contribution in [2.45, 2.75) is 39.5 Å². The van der Waals surface area contributed by atoms with Gasteiger partial charge in [-0.15, -0.1) is 0 Å². The number of halogens is 1. The number of aromatic nitrogens is 1. The molecular formula is C15H23BrN2. The topological polar surface area (TPSA) is 38.9 Å². The van der Waals surface area contributed by atoms with Crippen LogP contribution >= 0.6 is 15.9 Å². The number of hydrogen-bond acceptors (Lipinski definition) is 2. The van der Waals surface area contributed by atoms with Gasteiger partial charge in [-0.1, -0.05) is 13.8 Å². The van der Waals surface area contributed by atoms with Crippen LogP contribution in [0.1, 0.15) is 38.7 Å². The van der Waals surface area contributed by atoms with Crippen LogP contribution in [0.5, 0.6) is 0 Å². The molecule has 0 saturated heterocycles. The maximum Gasteiger partial charge on any atom is 0.0410 e. The van der Waals surface area contributed by atoms with Crippen LogP contribution in [-0.4, -0.2) is 11.5 Å². The third-order valence-electron chi connectivity index (χ3n) is 4.24. The zero-order valence-corrected chi connectivity index (χ0v) is 12.9. The minimum Gasteiger partial charge on any atom is -0.330 e. The molecule has 1 aromatic rings. The highest BCUT2D eigenvalue weighted by Gasteiger charge is 2.34. The Balaban J connectivity index is 2.09. The Morgan fingerprint density at radius 1 is 1.39 bits per heavy atom. The van der Waals surface area contributed by atoms with Crippen LogP contribution < -0.4 is 5.73 Å². The van der Waals surface area contributed by atoms with Crippen LogP contribution in [-0.2, 0) is 6.42 Å². The average Bonchev–Trinajstić information content (AvgIpc) is 2.28. The summed E-state index contributed by atoms with van der Waals surface area (Å²) in [5.74, 6) is 1.38. The van der Waals surface area contributed by atoms with Gasteiger partial charge in [-0.25, -0.2) is 0 Å². The molecule has 18 heavy (non-hydrogen) atoms. The quantitative estimate of drug-likeness (QED) is 0.922. The summed E-state index contributed by atoms with van der Waals surface area (Å²) in [6, 6.07) is 2.18. The predicted octanol–water partition coefficient (Wildman–Crippen LogP) is 3.79. The fourth-order valence-corrected chi connectivity index (χ4v) is 3.62. The lowest BCUT2D eigenvalue weighted by molar-refractivity contribution is 0.121. The lowest BCUT2D eigenvalue weighted by Gasteiger charge is -2.40. The highest BCUT2D eigenvalue weighted by Crippen LogP contribution is 2.42. The van der Waals surface area contributed by atoms with Crippen LogP contribution in [0, 0.1) is 17.3 Å². The summed E-state index contributed by atoms with van der Waals surface area (Å²) in [5, 5.41) is 0. The van der Waals surface area contributed by atoms with Crippen molar-refractivity contribution < 1.29 is 0 Å². The van der Waals surface area contributed by atoms with Crippen molar-refractivity contribution in [1.29, 1.82) is 0 Å². The molecule has 0 bridgehead atoms. The summed E-state index contributed by atoms with van der Waals surface area (Å²) in [6.07, 6.45) is 8.80. The van der Waals surface area contributed by atoms with E-state index in [1.54, 1.807) is 0 Å². The number of pyridine rings is 1. The number of hydrogen-bond donors (Lipinski definition) is 1. The second kappa shape index (κ2) is 5.70. The van der Waals surface area contributed by atoms with Crippen LogP contribution in [0.15, 0.2) is 22.9 Å². The van der Waals surface area contributed by atoms with E-state index >= 15 is 0 Å². The molecule has 1 heterocycles. The Morgan fingerprint density at radius 2 is 2.17 bits per heavy atom. The van der Waals surface area contributed by atoms with E-state index in [2.05, 4.69) is 40.8 Å². The van der Waals surface area contributed by atoms with E-state index in [4.69, 9.17) is 5.73 Å². The lowest BCUT2D eigenvalue weighted by atomic mass is 9.65. The summed E-state index contributed by atoms with van der Waals surface area (Å²) < 4.78 is 1.07. The third kappa shape index (κ3) is 3.55. The van der Waals surface area contributed by atoms with E-state index in [1.165, 1.54) is 24.8 Å². The van der Waals surface area contributed by atoms with Gasteiger partial charge in [0, 0.05) is 16.9 Å². The molecule has 2 atom stereocenters. The van der Waals surface area contributed by atoms with Gasteiger partial charge in [0.1, 0.15) is 0 Å². The largest absolute Gasteiger partial charge is 0.330 e. The van der Waals surface area contributed by atoms with Gasteiger partial charge in [0.05, 0.1) is 0 Å². The molecular weight excluding hydrogens is 288 g/mol. The first-order valence-electron chi connectivity index (χ1n) is 6.80. The predicted molar refractivity (Wildman–Crippen MR) is 79.3 cm³/mol. The summed E-state index contributed by atoms with van der Waals surface area (Å²) in [4.78, 5) is 4.26. The smallest absolute Gasteiger partial charge is 0.0410 e. The minimum absolute atomic E-state index is 0.468. The van der Waals surface area contributed by atoms with Gasteiger partial charge in [0.15, 0.2) is 0 Å². The number of nitrogens with two attached hydrogens (primary N) is 1. The second-order valence-corrected chi connectivity index (χ2v) is 7.29. The van der Waals surface area contributed by atoms with E-state index < -0.39 is 0 Å². The minimum atomic E-state index is 0.468. The Bertz CT molecular complexity index is 403. The summed E-state index contributed by atoms with van der Waals surface area (Å²) in [5.41, 5.74) is 7.73. The molecule has 1 aliphatic rings. The van der Waals surface area contributed by atoms with Gasteiger partial charge >= 0.3 is 0 Å². The molecule has 1 aliphatic carbocycles. The second-order valence-electron chi connectivity index (χ2n) is 6.38. The summed E-state index contributed by atoms with van der Waals surface area (Å²) in [7, 11) is 0. The number of rotatable bonds is 3. The fraction of sp³-hybridized carbons (Fsp3) is 0.667. The molecule has 2 rings (SSSR count). The van der Waals surface area contributed by atoms with E-state index in [0.717, 1.165) is 17.4 Å². The molecule has 1 saturated carbocycles. The summed E-state index contributed by atoms with van der Waals surface area (Å²) in [6.45, 7) is 5.58. The standard InChI is InChI=1S/C15H23BrN2/c1-15(2)4-3-12(8-17)13(7-15)5-11-6-14(16)10-18-9-11/h6,9-10,12-13H,3-5,7-8,17H2,1-2H3. The van der Waals surface area contributed by atoms with Gasteiger partial charge in [0.2, 0.25) is 0 Å². The van der Waals surface area contributed by atoms with E-state index in [0.29, 0.717) is 17.3 Å². The van der Waals surface area contributed by atoms with Crippen molar-refractivity contribution >= 4 is 15.9 Å². The van der Waals surface area contributed by atoms with Crippen LogP contribution in [0.4, 0.5) is 0 Å². The van der Waals surface area contributed by atoms with Crippen molar-refractivity contribution in [2.75, 3.05) is 6.54 Å². The first-order chi connectivity index (χ1) is 8.50. The summed E-state index contributed by atoms with van der Waals surface area (Å²) >= 11 is 3.49. The molecule has 2 nitrogen and oxygen atoms in total. The zero-order chi connectivity index (χ0) is 13.2. The van der Waals surface area contributed by atoms with Crippen LogP contribution in [0.2, 0.25) is 0 Å². The molecule has 2 unspecified atom stereocenters. The lowest BCUT2D eigenvalue weighted by Crippen LogP contribution is -2.35. The van der Waals surface area contributed by atoms with Gasteiger partial charge in [-0.3, -0.25) is 4.98 Å². The molecule has 1 aromatic heterocycles. The van der Waals surface area contributed by atoms with Gasteiger partial charge in [0.25, 0.3) is 0 Å². The van der Waals surface area contributed by atoms with E-state index in [1.807, 2.05) is 12.4 Å². The Labute approximate surface area is 119 Å². The molecule has 0 spiro atoms. The molecule has 3 heteroatoms. The van der Waals surface area contributed by atoms with Crippen molar-refractivity contribution in [3.63, 3.8) is 0 Å². The molecule has 2 N–H and O–H groups in total. The Morgan fingerprint density at radius 3 is 2.83 bits per heavy atom. The maximum atomic E-state index is 5.94. The van der Waals surface area contributed by atoms with E-state index in [-0.39, 0.29) is 0 Å². The number of nitrogens with zero attached hydrogens (tertiary/aromatic N) is 1. The highest BCUT2D eigenvalue weighted by atomic mass is 79.9. The SMILES string of the molecule is CC1(C)CCC(CN)C(Cc2cncc(Br)c2)C1. The maximum absolute atomic E-state index is 5.94. The Hall–Kier alpha value is -0.410. The first-order valence-corrected chi connectivity index (χ1v) is 7.59. The first kappa shape index (κ1) is 14.0. The fourth-order valence-electron chi connectivity index (χ4n) is 3.21. The monoisotopic (exact) mass is 310 g/mol. The average molecular weight is 311 g/mol. The van der Waals surface area contributed by atoms with Gasteiger partial charge < -0.3 is 5.73 Å². The van der Waals surface area contributed by atoms with Crippen molar-refractivity contribution in [1.82, 2.24) is 4.98 Å². The van der Waals surface area contributed by atoms with Crippen LogP contribution in [0.25, 0.3) is 0 Å². The molecule has 0 amide bonds. The molecule has 0 aromatic carbocycles. The normalized spacial score (nSPS) is 27.1. The highest BCUT2D eigenvalue weighted by molar-refractivity contribution is 9.10. The van der Waals surface area contributed by atoms with Crippen molar-refractivity contribution in [3.05, 3.63) is 28.5 Å². The molecule has 1 fully saturated rings. The van der Waals surface area contributed by atoms with Gasteiger partial charge in [-0.05, 0) is 77.0 Å². The molecule has 100 valence electrons. The Kier molecular flexibility index (Phi) is 4.44. The van der Waals surface area contributed by atoms with Crippen molar-refractivity contribution in [2.24, 2.45) is 23.0 Å². The third-order valence-corrected chi connectivity index (χ3v) is 4.67. The van der Waals surface area contributed by atoms with E-state index in [9.17, 15) is 0 Å². The van der Waals surface area contributed by atoms with Crippen LogP contribution in [0.3, 0.4) is 0 Å². The van der Waals surface area contributed by atoms with Gasteiger partial charge in [-0.2, -0.15) is 0 Å². The zero-order valence-electron chi connectivity index (χ0n) is 11.3. The molecule has 0 radical (unpaired) electrons. The van der Waals surface area contributed by atoms with Crippen molar-refractivity contribution in [3.8, 4) is 0 Å².